The van der Waals surface area contributed by atoms with Crippen LogP contribution in [0.15, 0.2) is 53.9 Å². The van der Waals surface area contributed by atoms with Crippen molar-refractivity contribution in [2.24, 2.45) is 0 Å². The molecule has 5 nitrogen and oxygen atoms in total. The van der Waals surface area contributed by atoms with Crippen LogP contribution < -0.4 is 10.2 Å². The smallest absolute Gasteiger partial charge is 0.338 e. The lowest BCUT2D eigenvalue weighted by molar-refractivity contribution is 0.0526. The highest BCUT2D eigenvalue weighted by molar-refractivity contribution is 7.14. The molecule has 0 saturated carbocycles. The van der Waals surface area contributed by atoms with Crippen LogP contribution in [0, 0.1) is 0 Å². The number of anilines is 3. The van der Waals surface area contributed by atoms with Gasteiger partial charge in [0.2, 0.25) is 0 Å². The van der Waals surface area contributed by atoms with E-state index in [9.17, 15) is 4.79 Å². The maximum absolute atomic E-state index is 11.7. The van der Waals surface area contributed by atoms with Gasteiger partial charge >= 0.3 is 5.97 Å². The molecule has 1 N–H and O–H groups in total. The monoisotopic (exact) mass is 367 g/mol. The largest absolute Gasteiger partial charge is 0.462 e. The van der Waals surface area contributed by atoms with Gasteiger partial charge in [0.25, 0.3) is 0 Å². The fourth-order valence-electron chi connectivity index (χ4n) is 2.42. The highest BCUT2D eigenvalue weighted by Crippen LogP contribution is 2.28. The Morgan fingerprint density at radius 3 is 2.42 bits per heavy atom. The molecule has 2 aromatic carbocycles. The van der Waals surface area contributed by atoms with Gasteiger partial charge in [0, 0.05) is 36.4 Å². The minimum atomic E-state index is -0.309. The Hall–Kier alpha value is -2.86. The van der Waals surface area contributed by atoms with Crippen LogP contribution in [-0.2, 0) is 4.74 Å². The van der Waals surface area contributed by atoms with E-state index < -0.39 is 0 Å². The molecule has 0 saturated heterocycles. The second kappa shape index (κ2) is 8.01. The number of nitrogens with one attached hydrogen (secondary N) is 1. The van der Waals surface area contributed by atoms with E-state index in [4.69, 9.17) is 4.74 Å². The van der Waals surface area contributed by atoms with Crippen molar-refractivity contribution in [3.05, 3.63) is 59.5 Å². The predicted molar refractivity (Wildman–Crippen MR) is 108 cm³/mol. The summed E-state index contributed by atoms with van der Waals surface area (Å²) in [5.74, 6) is -0.309. The quantitative estimate of drug-likeness (QED) is 0.635. The second-order valence-corrected chi connectivity index (χ2v) is 6.76. The Labute approximate surface area is 157 Å². The van der Waals surface area contributed by atoms with Gasteiger partial charge in [0.15, 0.2) is 5.13 Å². The summed E-state index contributed by atoms with van der Waals surface area (Å²) in [6, 6.07) is 15.5. The molecule has 1 heterocycles. The summed E-state index contributed by atoms with van der Waals surface area (Å²) in [4.78, 5) is 18.4. The minimum Gasteiger partial charge on any atom is -0.462 e. The molecule has 134 valence electrons. The molecule has 0 unspecified atom stereocenters. The zero-order valence-electron chi connectivity index (χ0n) is 15.0. The molecule has 0 atom stereocenters. The maximum atomic E-state index is 11.7. The number of benzene rings is 2. The molecule has 1 aromatic heterocycles. The Morgan fingerprint density at radius 1 is 1.12 bits per heavy atom. The Kier molecular flexibility index (Phi) is 5.53. The van der Waals surface area contributed by atoms with E-state index in [1.165, 1.54) is 0 Å². The van der Waals surface area contributed by atoms with E-state index in [-0.39, 0.29) is 5.97 Å². The van der Waals surface area contributed by atoms with Crippen molar-refractivity contribution >= 4 is 33.8 Å². The van der Waals surface area contributed by atoms with Gasteiger partial charge in [-0.3, -0.25) is 0 Å². The molecule has 0 aliphatic heterocycles. The molecule has 0 aliphatic rings. The van der Waals surface area contributed by atoms with Crippen LogP contribution in [0.5, 0.6) is 0 Å². The summed E-state index contributed by atoms with van der Waals surface area (Å²) < 4.78 is 4.99. The SMILES string of the molecule is CCOC(=O)c1ccc(Nc2nc(-c3ccc(N(C)C)cc3)cs2)cc1. The van der Waals surface area contributed by atoms with Crippen molar-refractivity contribution < 1.29 is 9.53 Å². The van der Waals surface area contributed by atoms with E-state index in [1.54, 1.807) is 30.4 Å². The Balaban J connectivity index is 1.69. The molecule has 3 rings (SSSR count). The number of carbonyl (C=O) groups excluding carboxylic acids is 1. The zero-order valence-corrected chi connectivity index (χ0v) is 15.8. The van der Waals surface area contributed by atoms with Crippen molar-refractivity contribution in [3.63, 3.8) is 0 Å². The summed E-state index contributed by atoms with van der Waals surface area (Å²) in [5, 5.41) is 6.10. The molecule has 0 radical (unpaired) electrons. The van der Waals surface area contributed by atoms with Crippen molar-refractivity contribution in [2.75, 3.05) is 30.9 Å². The zero-order chi connectivity index (χ0) is 18.5. The molecule has 0 aliphatic carbocycles. The van der Waals surface area contributed by atoms with Gasteiger partial charge in [0.1, 0.15) is 0 Å². The number of esters is 1. The van der Waals surface area contributed by atoms with Crippen LogP contribution in [0.2, 0.25) is 0 Å². The van der Waals surface area contributed by atoms with Crippen LogP contribution in [0.4, 0.5) is 16.5 Å². The molecule has 0 fully saturated rings. The van der Waals surface area contributed by atoms with Crippen molar-refractivity contribution in [3.8, 4) is 11.3 Å². The molecule has 6 heteroatoms. The summed E-state index contributed by atoms with van der Waals surface area (Å²) in [6.07, 6.45) is 0. The molecular formula is C20H21N3O2S. The lowest BCUT2D eigenvalue weighted by Gasteiger charge is -2.12. The highest BCUT2D eigenvalue weighted by atomic mass is 32.1. The molecule has 3 aromatic rings. The first kappa shape index (κ1) is 17.9. The first-order valence-electron chi connectivity index (χ1n) is 8.34. The number of aromatic nitrogens is 1. The number of ether oxygens (including phenoxy) is 1. The molecule has 0 amide bonds. The maximum Gasteiger partial charge on any atom is 0.338 e. The van der Waals surface area contributed by atoms with Crippen molar-refractivity contribution in [2.45, 2.75) is 6.92 Å². The number of rotatable bonds is 6. The second-order valence-electron chi connectivity index (χ2n) is 5.90. The number of hydrogen-bond donors (Lipinski definition) is 1. The van der Waals surface area contributed by atoms with Gasteiger partial charge in [-0.1, -0.05) is 12.1 Å². The lowest BCUT2D eigenvalue weighted by atomic mass is 10.1. The van der Waals surface area contributed by atoms with Crippen LogP contribution >= 0.6 is 11.3 Å². The van der Waals surface area contributed by atoms with Crippen LogP contribution in [0.25, 0.3) is 11.3 Å². The molecule has 0 spiro atoms. The molecule has 26 heavy (non-hydrogen) atoms. The van der Waals surface area contributed by atoms with Crippen LogP contribution in [-0.4, -0.2) is 31.7 Å². The van der Waals surface area contributed by atoms with E-state index >= 15 is 0 Å². The number of thiazole rings is 1. The van der Waals surface area contributed by atoms with Gasteiger partial charge in [-0.15, -0.1) is 11.3 Å². The van der Waals surface area contributed by atoms with Gasteiger partial charge in [-0.2, -0.15) is 0 Å². The summed E-state index contributed by atoms with van der Waals surface area (Å²) >= 11 is 1.54. The average Bonchev–Trinajstić information content (AvgIpc) is 3.11. The standard InChI is InChI=1S/C20H21N3O2S/c1-4-25-19(24)15-5-9-16(10-6-15)21-20-22-18(13-26-20)14-7-11-17(12-8-14)23(2)3/h5-13H,4H2,1-3H3,(H,21,22). The van der Waals surface area contributed by atoms with E-state index in [2.05, 4.69) is 39.5 Å². The highest BCUT2D eigenvalue weighted by Gasteiger charge is 2.08. The first-order chi connectivity index (χ1) is 12.6. The summed E-state index contributed by atoms with van der Waals surface area (Å²) in [7, 11) is 4.04. The number of carbonyl (C=O) groups is 1. The third-order valence-electron chi connectivity index (χ3n) is 3.83. The fraction of sp³-hybridized carbons (Fsp3) is 0.200. The van der Waals surface area contributed by atoms with Gasteiger partial charge in [-0.05, 0) is 43.3 Å². The summed E-state index contributed by atoms with van der Waals surface area (Å²) in [5.41, 5.74) is 4.59. The van der Waals surface area contributed by atoms with Crippen molar-refractivity contribution in [1.29, 1.82) is 0 Å². The topological polar surface area (TPSA) is 54.5 Å². The van der Waals surface area contributed by atoms with E-state index in [0.29, 0.717) is 12.2 Å². The van der Waals surface area contributed by atoms with Crippen LogP contribution in [0.3, 0.4) is 0 Å². The predicted octanol–water partition coefficient (Wildman–Crippen LogP) is 4.80. The van der Waals surface area contributed by atoms with Crippen molar-refractivity contribution in [1.82, 2.24) is 4.98 Å². The number of hydrogen-bond acceptors (Lipinski definition) is 6. The first-order valence-corrected chi connectivity index (χ1v) is 9.22. The third kappa shape index (κ3) is 4.21. The Bertz CT molecular complexity index is 871. The summed E-state index contributed by atoms with van der Waals surface area (Å²) in [6.45, 7) is 2.16. The van der Waals surface area contributed by atoms with Gasteiger partial charge in [-0.25, -0.2) is 9.78 Å². The van der Waals surface area contributed by atoms with Crippen LogP contribution in [0.1, 0.15) is 17.3 Å². The lowest BCUT2D eigenvalue weighted by Crippen LogP contribution is -2.07. The minimum absolute atomic E-state index is 0.309. The molecule has 0 bridgehead atoms. The Morgan fingerprint density at radius 2 is 1.81 bits per heavy atom. The average molecular weight is 367 g/mol. The van der Waals surface area contributed by atoms with Gasteiger partial charge in [0.05, 0.1) is 17.9 Å². The van der Waals surface area contributed by atoms with E-state index in [1.807, 2.05) is 31.6 Å². The molecular weight excluding hydrogens is 346 g/mol. The third-order valence-corrected chi connectivity index (χ3v) is 4.59. The number of nitrogens with zero attached hydrogens (tertiary/aromatic N) is 2. The normalized spacial score (nSPS) is 10.4. The van der Waals surface area contributed by atoms with Gasteiger partial charge < -0.3 is 15.0 Å². The van der Waals surface area contributed by atoms with E-state index in [0.717, 1.165) is 27.8 Å². The fourth-order valence-corrected chi connectivity index (χ4v) is 3.16.